The number of nitrogens with zero attached hydrogens (tertiary/aromatic N) is 3. The molecule has 1 atom stereocenters. The molecule has 8 nitrogen and oxygen atoms in total. The summed E-state index contributed by atoms with van der Waals surface area (Å²) in [5.74, 6) is -0.382. The molecule has 0 spiro atoms. The molecule has 1 fully saturated rings. The number of hydrogen-bond acceptors (Lipinski definition) is 5. The molecule has 2 heterocycles. The summed E-state index contributed by atoms with van der Waals surface area (Å²) in [5, 5.41) is 3.66. The number of rotatable bonds is 6. The molecule has 1 aromatic rings. The van der Waals surface area contributed by atoms with Crippen LogP contribution in [0, 0.1) is 0 Å². The van der Waals surface area contributed by atoms with Crippen molar-refractivity contribution in [3.63, 3.8) is 0 Å². The van der Waals surface area contributed by atoms with Gasteiger partial charge in [0.05, 0.1) is 18.2 Å². The van der Waals surface area contributed by atoms with Crippen LogP contribution in [0.3, 0.4) is 0 Å². The second-order valence-electron chi connectivity index (χ2n) is 7.70. The van der Waals surface area contributed by atoms with Crippen LogP contribution in [-0.4, -0.2) is 79.0 Å². The van der Waals surface area contributed by atoms with Crippen molar-refractivity contribution in [2.45, 2.75) is 26.3 Å². The van der Waals surface area contributed by atoms with Crippen LogP contribution in [-0.2, 0) is 14.3 Å². The third-order valence-corrected chi connectivity index (χ3v) is 6.31. The van der Waals surface area contributed by atoms with Gasteiger partial charge in [-0.15, -0.1) is 0 Å². The average molecular weight is 483 g/mol. The van der Waals surface area contributed by atoms with E-state index in [0.29, 0.717) is 66.0 Å². The summed E-state index contributed by atoms with van der Waals surface area (Å²) in [4.78, 5) is 43.2. The second kappa shape index (κ2) is 10.6. The van der Waals surface area contributed by atoms with Crippen molar-refractivity contribution in [2.75, 3.05) is 46.4 Å². The fourth-order valence-electron chi connectivity index (χ4n) is 3.96. The predicted octanol–water partition coefficient (Wildman–Crippen LogP) is 3.06. The minimum atomic E-state index is -0.763. The number of benzene rings is 1. The number of hydrogen-bond donors (Lipinski definition) is 1. The summed E-state index contributed by atoms with van der Waals surface area (Å²) >= 11 is 12.5. The zero-order valence-corrected chi connectivity index (χ0v) is 20.0. The van der Waals surface area contributed by atoms with Crippen molar-refractivity contribution in [3.8, 4) is 0 Å². The molecule has 1 aromatic carbocycles. The quantitative estimate of drug-likeness (QED) is 0.630. The van der Waals surface area contributed by atoms with Crippen molar-refractivity contribution >= 4 is 41.1 Å². The van der Waals surface area contributed by atoms with E-state index in [4.69, 9.17) is 27.9 Å². The largest absolute Gasteiger partial charge is 0.463 e. The summed E-state index contributed by atoms with van der Waals surface area (Å²) in [5.41, 5.74) is 1.46. The first-order chi connectivity index (χ1) is 15.3. The Morgan fingerprint density at radius 2 is 1.84 bits per heavy atom. The maximum absolute atomic E-state index is 13.0. The number of piperazine rings is 1. The molecule has 0 saturated carbocycles. The SMILES string of the molecule is CCOC(=O)C1=C(CN2CCN(C(=O)CC)CC2)N(C)C(=O)NC1c1ccc(Cl)cc1Cl. The van der Waals surface area contributed by atoms with Crippen LogP contribution in [0.2, 0.25) is 10.0 Å². The molecular formula is C22H28Cl2N4O4. The average Bonchev–Trinajstić information content (AvgIpc) is 2.77. The van der Waals surface area contributed by atoms with Crippen LogP contribution in [0.15, 0.2) is 29.5 Å². The summed E-state index contributed by atoms with van der Waals surface area (Å²) in [6.45, 7) is 6.66. The van der Waals surface area contributed by atoms with E-state index in [1.54, 1.807) is 32.2 Å². The number of amides is 3. The Bertz CT molecular complexity index is 929. The number of carbonyl (C=O) groups excluding carboxylic acids is 3. The number of esters is 1. The Labute approximate surface area is 198 Å². The van der Waals surface area contributed by atoms with Crippen LogP contribution < -0.4 is 5.32 Å². The van der Waals surface area contributed by atoms with Gasteiger partial charge in [-0.1, -0.05) is 36.2 Å². The van der Waals surface area contributed by atoms with Gasteiger partial charge in [0.15, 0.2) is 0 Å². The molecule has 0 aromatic heterocycles. The lowest BCUT2D eigenvalue weighted by Gasteiger charge is -2.39. The van der Waals surface area contributed by atoms with Gasteiger partial charge in [0.1, 0.15) is 0 Å². The zero-order chi connectivity index (χ0) is 23.4. The lowest BCUT2D eigenvalue weighted by Crippen LogP contribution is -2.53. The van der Waals surface area contributed by atoms with Gasteiger partial charge < -0.3 is 15.0 Å². The molecular weight excluding hydrogens is 455 g/mol. The number of carbonyl (C=O) groups is 3. The summed E-state index contributed by atoms with van der Waals surface area (Å²) < 4.78 is 5.35. The molecule has 2 aliphatic rings. The molecule has 1 N–H and O–H groups in total. The van der Waals surface area contributed by atoms with Crippen molar-refractivity contribution in [1.82, 2.24) is 20.0 Å². The fraction of sp³-hybridized carbons (Fsp3) is 0.500. The van der Waals surface area contributed by atoms with Gasteiger partial charge in [-0.25, -0.2) is 9.59 Å². The van der Waals surface area contributed by atoms with E-state index in [1.807, 2.05) is 11.8 Å². The summed E-state index contributed by atoms with van der Waals surface area (Å²) in [6.07, 6.45) is 0.477. The van der Waals surface area contributed by atoms with Crippen LogP contribution in [0.4, 0.5) is 4.79 Å². The Morgan fingerprint density at radius 1 is 1.16 bits per heavy atom. The van der Waals surface area contributed by atoms with Crippen LogP contribution >= 0.6 is 23.2 Å². The molecule has 3 amide bonds. The molecule has 174 valence electrons. The van der Waals surface area contributed by atoms with E-state index in [0.717, 1.165) is 0 Å². The van der Waals surface area contributed by atoms with Gasteiger partial charge in [0.2, 0.25) is 5.91 Å². The Balaban J connectivity index is 1.96. The molecule has 10 heteroatoms. The predicted molar refractivity (Wildman–Crippen MR) is 122 cm³/mol. The zero-order valence-electron chi connectivity index (χ0n) is 18.5. The molecule has 3 rings (SSSR count). The third-order valence-electron chi connectivity index (χ3n) is 5.75. The Hall–Kier alpha value is -2.29. The van der Waals surface area contributed by atoms with Gasteiger partial charge in [0.25, 0.3) is 0 Å². The molecule has 32 heavy (non-hydrogen) atoms. The lowest BCUT2D eigenvalue weighted by atomic mass is 9.94. The molecule has 2 aliphatic heterocycles. The van der Waals surface area contributed by atoms with Gasteiger partial charge >= 0.3 is 12.0 Å². The fourth-order valence-corrected chi connectivity index (χ4v) is 4.48. The highest BCUT2D eigenvalue weighted by Crippen LogP contribution is 2.36. The number of urea groups is 1. The van der Waals surface area contributed by atoms with Crippen LogP contribution in [0.1, 0.15) is 31.9 Å². The van der Waals surface area contributed by atoms with Gasteiger partial charge in [-0.05, 0) is 24.6 Å². The first kappa shape index (κ1) is 24.4. The van der Waals surface area contributed by atoms with E-state index >= 15 is 0 Å². The van der Waals surface area contributed by atoms with E-state index in [-0.39, 0.29) is 18.5 Å². The molecule has 0 bridgehead atoms. The van der Waals surface area contributed by atoms with Gasteiger partial charge in [0, 0.05) is 61.9 Å². The number of halogens is 2. The van der Waals surface area contributed by atoms with E-state index in [2.05, 4.69) is 10.2 Å². The van der Waals surface area contributed by atoms with E-state index < -0.39 is 12.0 Å². The lowest BCUT2D eigenvalue weighted by molar-refractivity contribution is -0.139. The van der Waals surface area contributed by atoms with Crippen molar-refractivity contribution in [2.24, 2.45) is 0 Å². The third kappa shape index (κ3) is 5.19. The topological polar surface area (TPSA) is 82.2 Å². The molecule has 0 radical (unpaired) electrons. The van der Waals surface area contributed by atoms with Crippen LogP contribution in [0.25, 0.3) is 0 Å². The monoisotopic (exact) mass is 482 g/mol. The van der Waals surface area contributed by atoms with Gasteiger partial charge in [-0.2, -0.15) is 0 Å². The first-order valence-electron chi connectivity index (χ1n) is 10.7. The van der Waals surface area contributed by atoms with Crippen molar-refractivity contribution < 1.29 is 19.1 Å². The maximum atomic E-state index is 13.0. The molecule has 1 unspecified atom stereocenters. The standard InChI is InChI=1S/C22H28Cl2N4O4/c1-4-18(29)28-10-8-27(9-11-28)13-17-19(21(30)32-5-2)20(25-22(31)26(17)3)15-7-6-14(23)12-16(15)24/h6-7,12,20H,4-5,8-11,13H2,1-3H3,(H,25,31). The maximum Gasteiger partial charge on any atom is 0.338 e. The normalized spacial score (nSPS) is 19.8. The number of likely N-dealkylation sites (N-methyl/N-ethyl adjacent to an activating group) is 1. The van der Waals surface area contributed by atoms with Crippen molar-refractivity contribution in [3.05, 3.63) is 45.1 Å². The highest BCUT2D eigenvalue weighted by atomic mass is 35.5. The van der Waals surface area contributed by atoms with E-state index in [9.17, 15) is 14.4 Å². The summed E-state index contributed by atoms with van der Waals surface area (Å²) in [6, 6.07) is 3.84. The Morgan fingerprint density at radius 3 is 2.44 bits per heavy atom. The smallest absolute Gasteiger partial charge is 0.338 e. The number of nitrogens with one attached hydrogen (secondary N) is 1. The summed E-state index contributed by atoms with van der Waals surface area (Å²) in [7, 11) is 1.63. The first-order valence-corrected chi connectivity index (χ1v) is 11.4. The van der Waals surface area contributed by atoms with Crippen molar-refractivity contribution in [1.29, 1.82) is 0 Å². The minimum absolute atomic E-state index is 0.127. The second-order valence-corrected chi connectivity index (χ2v) is 8.54. The highest BCUT2D eigenvalue weighted by Gasteiger charge is 2.38. The highest BCUT2D eigenvalue weighted by molar-refractivity contribution is 6.35. The van der Waals surface area contributed by atoms with E-state index in [1.165, 1.54) is 4.90 Å². The molecule has 0 aliphatic carbocycles. The number of ether oxygens (including phenoxy) is 1. The minimum Gasteiger partial charge on any atom is -0.463 e. The molecule has 1 saturated heterocycles. The van der Waals surface area contributed by atoms with Crippen LogP contribution in [0.5, 0.6) is 0 Å². The Kier molecular flexibility index (Phi) is 8.03. The van der Waals surface area contributed by atoms with Gasteiger partial charge in [-0.3, -0.25) is 14.6 Å².